The number of aryl methyl sites for hydroxylation is 1. The minimum atomic E-state index is -0.418. The van der Waals surface area contributed by atoms with Gasteiger partial charge in [-0.3, -0.25) is 14.2 Å². The van der Waals surface area contributed by atoms with Gasteiger partial charge >= 0.3 is 6.03 Å². The molecule has 1 aliphatic rings. The van der Waals surface area contributed by atoms with E-state index in [-0.39, 0.29) is 11.7 Å². The van der Waals surface area contributed by atoms with Crippen LogP contribution in [0.3, 0.4) is 0 Å². The fraction of sp³-hybridized carbons (Fsp3) is 0.348. The van der Waals surface area contributed by atoms with Gasteiger partial charge in [-0.25, -0.2) is 14.8 Å². The summed E-state index contributed by atoms with van der Waals surface area (Å²) in [5, 5.41) is 2.85. The maximum atomic E-state index is 13.2. The van der Waals surface area contributed by atoms with Crippen LogP contribution < -0.4 is 10.9 Å². The van der Waals surface area contributed by atoms with Crippen LogP contribution in [0.25, 0.3) is 11.2 Å². The Hall–Kier alpha value is -3.75. The normalized spacial score (nSPS) is 13.9. The van der Waals surface area contributed by atoms with Crippen LogP contribution in [0.15, 0.2) is 53.5 Å². The number of urea groups is 1. The van der Waals surface area contributed by atoms with Crippen molar-refractivity contribution in [2.75, 3.05) is 31.5 Å². The third-order valence-corrected chi connectivity index (χ3v) is 5.52. The second-order valence-corrected chi connectivity index (χ2v) is 7.69. The first kappa shape index (κ1) is 21.5. The number of hydrogen-bond donors (Lipinski definition) is 1. The summed E-state index contributed by atoms with van der Waals surface area (Å²) in [5.74, 6) is -0.408. The Morgan fingerprint density at radius 3 is 2.44 bits per heavy atom. The van der Waals surface area contributed by atoms with Crippen LogP contribution in [-0.2, 0) is 6.54 Å². The van der Waals surface area contributed by atoms with Crippen molar-refractivity contribution in [1.29, 1.82) is 0 Å². The molecule has 0 radical (unpaired) electrons. The molecule has 1 aliphatic heterocycles. The number of nitrogens with one attached hydrogen (secondary N) is 1. The molecular formula is C23H26N6O3. The average molecular weight is 435 g/mol. The van der Waals surface area contributed by atoms with E-state index in [1.807, 2.05) is 37.3 Å². The molecule has 0 atom stereocenters. The van der Waals surface area contributed by atoms with Crippen LogP contribution >= 0.6 is 0 Å². The number of pyridine rings is 1. The molecule has 0 saturated carbocycles. The van der Waals surface area contributed by atoms with Gasteiger partial charge < -0.3 is 15.1 Å². The number of carbonyl (C=O) groups is 2. The molecule has 1 aromatic carbocycles. The van der Waals surface area contributed by atoms with Crippen molar-refractivity contribution in [2.24, 2.45) is 0 Å². The number of amides is 3. The van der Waals surface area contributed by atoms with E-state index in [2.05, 4.69) is 15.3 Å². The summed E-state index contributed by atoms with van der Waals surface area (Å²) in [6.07, 6.45) is 3.34. The molecule has 166 valence electrons. The summed E-state index contributed by atoms with van der Waals surface area (Å²) in [6.45, 7) is 3.96. The monoisotopic (exact) mass is 434 g/mol. The Morgan fingerprint density at radius 2 is 1.72 bits per heavy atom. The second kappa shape index (κ2) is 9.59. The summed E-state index contributed by atoms with van der Waals surface area (Å²) in [4.78, 5) is 50.6. The highest BCUT2D eigenvalue weighted by atomic mass is 16.2. The average Bonchev–Trinajstić information content (AvgIpc) is 2.83. The smallest absolute Gasteiger partial charge is 0.321 e. The molecule has 9 heteroatoms. The van der Waals surface area contributed by atoms with Crippen molar-refractivity contribution in [3.63, 3.8) is 0 Å². The van der Waals surface area contributed by atoms with Crippen molar-refractivity contribution in [1.82, 2.24) is 24.3 Å². The lowest BCUT2D eigenvalue weighted by Crippen LogP contribution is -2.52. The number of aromatic nitrogens is 3. The molecule has 3 heterocycles. The van der Waals surface area contributed by atoms with Crippen molar-refractivity contribution in [2.45, 2.75) is 26.3 Å². The number of unbranched alkanes of at least 4 members (excludes halogenated alkanes) is 1. The SMILES string of the molecule is CCCCn1c(=O)c(C(=O)N2CCN(C(=O)Nc3ccccc3)CC2)nc2cccnc21. The van der Waals surface area contributed by atoms with E-state index < -0.39 is 11.5 Å². The van der Waals surface area contributed by atoms with Gasteiger partial charge in [0.2, 0.25) is 0 Å². The maximum absolute atomic E-state index is 13.2. The molecule has 1 fully saturated rings. The van der Waals surface area contributed by atoms with Crippen molar-refractivity contribution < 1.29 is 9.59 Å². The molecule has 0 bridgehead atoms. The van der Waals surface area contributed by atoms with Gasteiger partial charge in [-0.2, -0.15) is 0 Å². The molecule has 3 amide bonds. The Bertz CT molecular complexity index is 1170. The van der Waals surface area contributed by atoms with Gasteiger partial charge in [0.05, 0.1) is 0 Å². The van der Waals surface area contributed by atoms with E-state index in [1.54, 1.807) is 32.7 Å². The first-order valence-electron chi connectivity index (χ1n) is 10.8. The molecule has 9 nitrogen and oxygen atoms in total. The highest BCUT2D eigenvalue weighted by molar-refractivity contribution is 5.94. The van der Waals surface area contributed by atoms with Crippen LogP contribution in [0, 0.1) is 0 Å². The predicted molar refractivity (Wildman–Crippen MR) is 122 cm³/mol. The van der Waals surface area contributed by atoms with Gasteiger partial charge in [-0.05, 0) is 30.7 Å². The van der Waals surface area contributed by atoms with Gasteiger partial charge in [-0.1, -0.05) is 31.5 Å². The van der Waals surface area contributed by atoms with Crippen LogP contribution in [0.2, 0.25) is 0 Å². The summed E-state index contributed by atoms with van der Waals surface area (Å²) in [6, 6.07) is 12.5. The van der Waals surface area contributed by atoms with E-state index in [4.69, 9.17) is 0 Å². The number of benzene rings is 1. The van der Waals surface area contributed by atoms with E-state index in [9.17, 15) is 14.4 Å². The molecule has 3 aromatic rings. The Morgan fingerprint density at radius 1 is 1.00 bits per heavy atom. The van der Waals surface area contributed by atoms with Crippen molar-refractivity contribution >= 4 is 28.8 Å². The fourth-order valence-corrected chi connectivity index (χ4v) is 3.73. The number of anilines is 1. The molecule has 1 N–H and O–H groups in total. The van der Waals surface area contributed by atoms with E-state index in [1.165, 1.54) is 0 Å². The van der Waals surface area contributed by atoms with Crippen LogP contribution in [0.1, 0.15) is 30.3 Å². The van der Waals surface area contributed by atoms with Gasteiger partial charge in [0.15, 0.2) is 11.3 Å². The first-order valence-corrected chi connectivity index (χ1v) is 10.8. The molecule has 1 saturated heterocycles. The number of hydrogen-bond acceptors (Lipinski definition) is 5. The Kier molecular flexibility index (Phi) is 6.44. The summed E-state index contributed by atoms with van der Waals surface area (Å²) in [5.41, 5.74) is 1.22. The van der Waals surface area contributed by atoms with Gasteiger partial charge in [0.1, 0.15) is 5.52 Å². The van der Waals surface area contributed by atoms with E-state index in [0.717, 1.165) is 18.5 Å². The molecule has 4 rings (SSSR count). The molecule has 2 aromatic heterocycles. The number of para-hydroxylation sites is 1. The van der Waals surface area contributed by atoms with Gasteiger partial charge in [0, 0.05) is 44.6 Å². The Balaban J connectivity index is 1.49. The molecular weight excluding hydrogens is 408 g/mol. The van der Waals surface area contributed by atoms with Crippen LogP contribution in [-0.4, -0.2) is 62.5 Å². The summed E-state index contributed by atoms with van der Waals surface area (Å²) >= 11 is 0. The summed E-state index contributed by atoms with van der Waals surface area (Å²) < 4.78 is 1.54. The zero-order valence-corrected chi connectivity index (χ0v) is 18.0. The second-order valence-electron chi connectivity index (χ2n) is 7.69. The minimum Gasteiger partial charge on any atom is -0.334 e. The number of nitrogens with zero attached hydrogens (tertiary/aromatic N) is 5. The molecule has 0 unspecified atom stereocenters. The molecule has 32 heavy (non-hydrogen) atoms. The zero-order valence-electron chi connectivity index (χ0n) is 18.0. The van der Waals surface area contributed by atoms with E-state index >= 15 is 0 Å². The van der Waals surface area contributed by atoms with Crippen LogP contribution in [0.5, 0.6) is 0 Å². The fourth-order valence-electron chi connectivity index (χ4n) is 3.73. The minimum absolute atomic E-state index is 0.0937. The third-order valence-electron chi connectivity index (χ3n) is 5.52. The van der Waals surface area contributed by atoms with E-state index in [0.29, 0.717) is 43.9 Å². The lowest BCUT2D eigenvalue weighted by atomic mass is 10.2. The molecule has 0 aliphatic carbocycles. The molecule has 0 spiro atoms. The topological polar surface area (TPSA) is 100 Å². The highest BCUT2D eigenvalue weighted by Crippen LogP contribution is 2.12. The van der Waals surface area contributed by atoms with Gasteiger partial charge in [-0.15, -0.1) is 0 Å². The van der Waals surface area contributed by atoms with Crippen molar-refractivity contribution in [3.8, 4) is 0 Å². The zero-order chi connectivity index (χ0) is 22.5. The quantitative estimate of drug-likeness (QED) is 0.665. The van der Waals surface area contributed by atoms with Crippen LogP contribution in [0.4, 0.5) is 10.5 Å². The predicted octanol–water partition coefficient (Wildman–Crippen LogP) is 2.58. The largest absolute Gasteiger partial charge is 0.334 e. The number of fused-ring (bicyclic) bond motifs is 1. The summed E-state index contributed by atoms with van der Waals surface area (Å²) in [7, 11) is 0. The van der Waals surface area contributed by atoms with Gasteiger partial charge in [0.25, 0.3) is 11.5 Å². The number of piperazine rings is 1. The lowest BCUT2D eigenvalue weighted by Gasteiger charge is -2.34. The number of rotatable bonds is 5. The number of carbonyl (C=O) groups excluding carboxylic acids is 2. The first-order chi connectivity index (χ1) is 15.6. The maximum Gasteiger partial charge on any atom is 0.321 e. The third kappa shape index (κ3) is 4.46. The Labute approximate surface area is 185 Å². The highest BCUT2D eigenvalue weighted by Gasteiger charge is 2.28. The van der Waals surface area contributed by atoms with Crippen molar-refractivity contribution in [3.05, 3.63) is 64.7 Å². The standard InChI is InChI=1S/C23H26N6O3/c1-2-3-12-29-20-18(10-7-11-24-20)26-19(22(29)31)21(30)27-13-15-28(16-14-27)23(32)25-17-8-5-4-6-9-17/h4-11H,2-3,12-16H2,1H3,(H,25,32). The lowest BCUT2D eigenvalue weighted by molar-refractivity contribution is 0.0663.